The standard InChI is InChI=1S/C13H18FN3O2S/c14-12-8-10(15)3-4-13(12)20(18,19)17-7-6-16-5-1-2-11(16)9-17/h3-4,8,11H,1-2,5-7,9,15H2. The molecule has 2 aliphatic heterocycles. The summed E-state index contributed by atoms with van der Waals surface area (Å²) in [5, 5.41) is 0. The van der Waals surface area contributed by atoms with Gasteiger partial charge in [0.05, 0.1) is 0 Å². The molecule has 2 aliphatic rings. The molecule has 2 N–H and O–H groups in total. The van der Waals surface area contributed by atoms with E-state index < -0.39 is 15.8 Å². The highest BCUT2D eigenvalue weighted by atomic mass is 32.2. The molecule has 0 saturated carbocycles. The maximum atomic E-state index is 13.9. The molecule has 0 aliphatic carbocycles. The van der Waals surface area contributed by atoms with Crippen LogP contribution in [0, 0.1) is 5.82 Å². The third-order valence-electron chi connectivity index (χ3n) is 4.12. The Bertz CT molecular complexity index is 620. The first kappa shape index (κ1) is 13.8. The number of hydrogen-bond donors (Lipinski definition) is 1. The summed E-state index contributed by atoms with van der Waals surface area (Å²) in [5.74, 6) is -0.779. The quantitative estimate of drug-likeness (QED) is 0.823. The van der Waals surface area contributed by atoms with Crippen molar-refractivity contribution in [2.24, 2.45) is 0 Å². The number of sulfonamides is 1. The van der Waals surface area contributed by atoms with Crippen molar-refractivity contribution in [3.05, 3.63) is 24.0 Å². The summed E-state index contributed by atoms with van der Waals surface area (Å²) in [7, 11) is -3.77. The zero-order chi connectivity index (χ0) is 14.3. The molecule has 3 rings (SSSR count). The molecular formula is C13H18FN3O2S. The van der Waals surface area contributed by atoms with E-state index in [0.717, 1.165) is 32.0 Å². The summed E-state index contributed by atoms with van der Waals surface area (Å²) in [5.41, 5.74) is 5.69. The van der Waals surface area contributed by atoms with Crippen LogP contribution in [0.25, 0.3) is 0 Å². The minimum Gasteiger partial charge on any atom is -0.399 e. The molecule has 110 valence electrons. The van der Waals surface area contributed by atoms with Crippen LogP contribution in [-0.2, 0) is 10.0 Å². The molecule has 1 atom stereocenters. The fourth-order valence-corrected chi connectivity index (χ4v) is 4.56. The number of fused-ring (bicyclic) bond motifs is 1. The van der Waals surface area contributed by atoms with Gasteiger partial charge in [0.2, 0.25) is 10.0 Å². The highest BCUT2D eigenvalue weighted by Gasteiger charge is 2.37. The Kier molecular flexibility index (Phi) is 3.43. The van der Waals surface area contributed by atoms with Crippen molar-refractivity contribution < 1.29 is 12.8 Å². The van der Waals surface area contributed by atoms with E-state index in [1.165, 1.54) is 16.4 Å². The molecule has 0 spiro atoms. The van der Waals surface area contributed by atoms with E-state index >= 15 is 0 Å². The van der Waals surface area contributed by atoms with Gasteiger partial charge in [-0.15, -0.1) is 0 Å². The first-order chi connectivity index (χ1) is 9.48. The van der Waals surface area contributed by atoms with Gasteiger partial charge < -0.3 is 5.73 Å². The van der Waals surface area contributed by atoms with Gasteiger partial charge in [0.1, 0.15) is 10.7 Å². The number of nitrogen functional groups attached to an aromatic ring is 1. The number of hydrogen-bond acceptors (Lipinski definition) is 4. The maximum Gasteiger partial charge on any atom is 0.246 e. The second-order valence-electron chi connectivity index (χ2n) is 5.38. The zero-order valence-corrected chi connectivity index (χ0v) is 11.9. The van der Waals surface area contributed by atoms with Gasteiger partial charge in [-0.1, -0.05) is 0 Å². The third kappa shape index (κ3) is 2.30. The Morgan fingerprint density at radius 3 is 2.80 bits per heavy atom. The Morgan fingerprint density at radius 2 is 2.05 bits per heavy atom. The molecule has 1 aromatic rings. The molecule has 2 saturated heterocycles. The number of rotatable bonds is 2. The number of halogens is 1. The Labute approximate surface area is 118 Å². The van der Waals surface area contributed by atoms with E-state index in [1.807, 2.05) is 0 Å². The lowest BCUT2D eigenvalue weighted by Crippen LogP contribution is -2.52. The first-order valence-electron chi connectivity index (χ1n) is 6.78. The van der Waals surface area contributed by atoms with Crippen molar-refractivity contribution >= 4 is 15.7 Å². The average molecular weight is 299 g/mol. The molecule has 1 aromatic carbocycles. The van der Waals surface area contributed by atoms with Crippen molar-refractivity contribution in [2.45, 2.75) is 23.8 Å². The van der Waals surface area contributed by atoms with Crippen molar-refractivity contribution in [1.82, 2.24) is 9.21 Å². The summed E-state index contributed by atoms with van der Waals surface area (Å²) in [6.45, 7) is 2.63. The fraction of sp³-hybridized carbons (Fsp3) is 0.538. The lowest BCUT2D eigenvalue weighted by molar-refractivity contribution is 0.158. The van der Waals surface area contributed by atoms with E-state index in [4.69, 9.17) is 5.73 Å². The van der Waals surface area contributed by atoms with E-state index in [2.05, 4.69) is 4.90 Å². The minimum atomic E-state index is -3.77. The van der Waals surface area contributed by atoms with Crippen molar-refractivity contribution in [3.8, 4) is 0 Å². The van der Waals surface area contributed by atoms with E-state index in [0.29, 0.717) is 13.1 Å². The Morgan fingerprint density at radius 1 is 1.25 bits per heavy atom. The lowest BCUT2D eigenvalue weighted by atomic mass is 10.2. The predicted molar refractivity (Wildman–Crippen MR) is 74.2 cm³/mol. The number of nitrogens with zero attached hydrogens (tertiary/aromatic N) is 2. The predicted octanol–water partition coefficient (Wildman–Crippen LogP) is 0.877. The SMILES string of the molecule is Nc1ccc(S(=O)(=O)N2CCN3CCCC3C2)c(F)c1. The molecule has 0 aromatic heterocycles. The van der Waals surface area contributed by atoms with Crippen LogP contribution in [0.3, 0.4) is 0 Å². The highest BCUT2D eigenvalue weighted by Crippen LogP contribution is 2.27. The van der Waals surface area contributed by atoms with Crippen LogP contribution in [0.1, 0.15) is 12.8 Å². The van der Waals surface area contributed by atoms with Gasteiger partial charge in [-0.25, -0.2) is 12.8 Å². The van der Waals surface area contributed by atoms with Crippen LogP contribution >= 0.6 is 0 Å². The van der Waals surface area contributed by atoms with Crippen LogP contribution < -0.4 is 5.73 Å². The van der Waals surface area contributed by atoms with Gasteiger partial charge in [0.15, 0.2) is 0 Å². The molecule has 5 nitrogen and oxygen atoms in total. The van der Waals surface area contributed by atoms with Gasteiger partial charge in [0, 0.05) is 31.4 Å². The van der Waals surface area contributed by atoms with Gasteiger partial charge in [-0.3, -0.25) is 4.90 Å². The van der Waals surface area contributed by atoms with Crippen LogP contribution in [-0.4, -0.2) is 49.8 Å². The smallest absolute Gasteiger partial charge is 0.246 e. The summed E-state index contributed by atoms with van der Waals surface area (Å²) in [6, 6.07) is 4.00. The molecule has 20 heavy (non-hydrogen) atoms. The van der Waals surface area contributed by atoms with Crippen molar-refractivity contribution in [2.75, 3.05) is 31.9 Å². The average Bonchev–Trinajstić information content (AvgIpc) is 2.85. The normalized spacial score (nSPS) is 24.8. The van der Waals surface area contributed by atoms with Gasteiger partial charge in [-0.2, -0.15) is 4.31 Å². The summed E-state index contributed by atoms with van der Waals surface area (Å²) >= 11 is 0. The molecule has 1 unspecified atom stereocenters. The minimum absolute atomic E-state index is 0.224. The number of anilines is 1. The zero-order valence-electron chi connectivity index (χ0n) is 11.1. The molecule has 0 amide bonds. The second kappa shape index (κ2) is 4.98. The fourth-order valence-electron chi connectivity index (χ4n) is 3.05. The molecule has 0 bridgehead atoms. The van der Waals surface area contributed by atoms with Crippen LogP contribution in [0.15, 0.2) is 23.1 Å². The van der Waals surface area contributed by atoms with Crippen LogP contribution in [0.2, 0.25) is 0 Å². The van der Waals surface area contributed by atoms with Crippen molar-refractivity contribution in [1.29, 1.82) is 0 Å². The Hall–Kier alpha value is -1.18. The van der Waals surface area contributed by atoms with Crippen LogP contribution in [0.5, 0.6) is 0 Å². The second-order valence-corrected chi connectivity index (χ2v) is 7.29. The van der Waals surface area contributed by atoms with Gasteiger partial charge in [0.25, 0.3) is 0 Å². The number of piperazine rings is 1. The van der Waals surface area contributed by atoms with Gasteiger partial charge >= 0.3 is 0 Å². The van der Waals surface area contributed by atoms with E-state index in [-0.39, 0.29) is 16.6 Å². The molecule has 2 heterocycles. The topological polar surface area (TPSA) is 66.6 Å². The van der Waals surface area contributed by atoms with Crippen LogP contribution in [0.4, 0.5) is 10.1 Å². The largest absolute Gasteiger partial charge is 0.399 e. The summed E-state index contributed by atoms with van der Waals surface area (Å²) in [6.07, 6.45) is 2.12. The monoisotopic (exact) mass is 299 g/mol. The van der Waals surface area contributed by atoms with Gasteiger partial charge in [-0.05, 0) is 37.6 Å². The molecule has 2 fully saturated rings. The number of nitrogens with two attached hydrogens (primary N) is 1. The number of benzene rings is 1. The Balaban J connectivity index is 1.88. The van der Waals surface area contributed by atoms with E-state index in [9.17, 15) is 12.8 Å². The maximum absolute atomic E-state index is 13.9. The summed E-state index contributed by atoms with van der Waals surface area (Å²) in [4.78, 5) is 2.03. The van der Waals surface area contributed by atoms with E-state index in [1.54, 1.807) is 0 Å². The molecular weight excluding hydrogens is 281 g/mol. The van der Waals surface area contributed by atoms with Crippen molar-refractivity contribution in [3.63, 3.8) is 0 Å². The molecule has 0 radical (unpaired) electrons. The summed E-state index contributed by atoms with van der Waals surface area (Å²) < 4.78 is 40.3. The first-order valence-corrected chi connectivity index (χ1v) is 8.22. The third-order valence-corrected chi connectivity index (χ3v) is 6.02. The highest BCUT2D eigenvalue weighted by molar-refractivity contribution is 7.89. The molecule has 7 heteroatoms. The lowest BCUT2D eigenvalue weighted by Gasteiger charge is -2.36.